The van der Waals surface area contributed by atoms with Gasteiger partial charge in [0.25, 0.3) is 0 Å². The second-order valence-corrected chi connectivity index (χ2v) is 6.48. The van der Waals surface area contributed by atoms with Gasteiger partial charge in [0, 0.05) is 19.3 Å². The van der Waals surface area contributed by atoms with Gasteiger partial charge in [0.05, 0.1) is 17.9 Å². The number of pyridine rings is 1. The number of rotatable bonds is 5. The number of hydrogen-bond donors (Lipinski definition) is 0. The molecule has 1 aliphatic rings. The molecule has 5 nitrogen and oxygen atoms in total. The molecule has 0 aromatic carbocycles. The maximum Gasteiger partial charge on any atom is 0.340 e. The van der Waals surface area contributed by atoms with Crippen LogP contribution in [0.2, 0.25) is 0 Å². The van der Waals surface area contributed by atoms with Crippen molar-refractivity contribution in [2.75, 3.05) is 25.4 Å². The number of hydrogen-bond acceptors (Lipinski definition) is 5. The summed E-state index contributed by atoms with van der Waals surface area (Å²) in [6.07, 6.45) is 7.45. The van der Waals surface area contributed by atoms with Gasteiger partial charge in [0.1, 0.15) is 5.03 Å². The number of esters is 1. The fraction of sp³-hybridized carbons (Fsp3) is 0.588. The lowest BCUT2D eigenvalue weighted by Crippen LogP contribution is -2.35. The highest BCUT2D eigenvalue weighted by Gasteiger charge is 2.18. The molecule has 0 aliphatic carbocycles. The molecule has 2 rings (SSSR count). The molecule has 0 spiro atoms. The van der Waals surface area contributed by atoms with Crippen LogP contribution in [0.1, 0.15) is 49.4 Å². The van der Waals surface area contributed by atoms with Crippen molar-refractivity contribution in [3.05, 3.63) is 23.9 Å². The Labute approximate surface area is 141 Å². The summed E-state index contributed by atoms with van der Waals surface area (Å²) >= 11 is 1.31. The van der Waals surface area contributed by atoms with E-state index in [9.17, 15) is 9.59 Å². The zero-order valence-corrected chi connectivity index (χ0v) is 14.4. The van der Waals surface area contributed by atoms with Gasteiger partial charge in [0.15, 0.2) is 0 Å². The average Bonchev–Trinajstić information content (AvgIpc) is 2.53. The lowest BCUT2D eigenvalue weighted by atomic mass is 10.1. The molecule has 1 amide bonds. The Morgan fingerprint density at radius 1 is 1.22 bits per heavy atom. The maximum absolute atomic E-state index is 12.4. The van der Waals surface area contributed by atoms with Crippen LogP contribution in [0.25, 0.3) is 0 Å². The average molecular weight is 336 g/mol. The van der Waals surface area contributed by atoms with Crippen molar-refractivity contribution in [1.29, 1.82) is 0 Å². The predicted molar refractivity (Wildman–Crippen MR) is 90.6 cm³/mol. The molecule has 6 heteroatoms. The fourth-order valence-electron chi connectivity index (χ4n) is 2.59. The number of amides is 1. The monoisotopic (exact) mass is 336 g/mol. The molecule has 1 fully saturated rings. The Morgan fingerprint density at radius 3 is 2.61 bits per heavy atom. The molecule has 1 aliphatic heterocycles. The third-order valence-electron chi connectivity index (χ3n) is 3.81. The number of likely N-dealkylation sites (tertiary alicyclic amines) is 1. The number of carbonyl (C=O) groups is 2. The van der Waals surface area contributed by atoms with Gasteiger partial charge < -0.3 is 9.64 Å². The van der Waals surface area contributed by atoms with Crippen molar-refractivity contribution < 1.29 is 14.3 Å². The van der Waals surface area contributed by atoms with Crippen molar-refractivity contribution in [1.82, 2.24) is 9.88 Å². The second-order valence-electron chi connectivity index (χ2n) is 5.51. The highest BCUT2D eigenvalue weighted by atomic mass is 32.2. The Hall–Kier alpha value is -1.56. The van der Waals surface area contributed by atoms with E-state index in [0.29, 0.717) is 22.9 Å². The van der Waals surface area contributed by atoms with Crippen LogP contribution in [0.15, 0.2) is 23.4 Å². The molecule has 23 heavy (non-hydrogen) atoms. The first kappa shape index (κ1) is 17.8. The minimum absolute atomic E-state index is 0.123. The quantitative estimate of drug-likeness (QED) is 0.611. The van der Waals surface area contributed by atoms with Crippen molar-refractivity contribution in [3.8, 4) is 0 Å². The second kappa shape index (κ2) is 9.55. The summed E-state index contributed by atoms with van der Waals surface area (Å²) < 4.78 is 5.03. The first-order chi connectivity index (χ1) is 11.2. The molecule has 0 saturated carbocycles. The van der Waals surface area contributed by atoms with Crippen LogP contribution in [-0.4, -0.2) is 47.2 Å². The normalized spacial score (nSPS) is 15.6. The maximum atomic E-state index is 12.4. The zero-order chi connectivity index (χ0) is 16.5. The van der Waals surface area contributed by atoms with Crippen LogP contribution >= 0.6 is 11.8 Å². The van der Waals surface area contributed by atoms with E-state index in [1.54, 1.807) is 25.3 Å². The van der Waals surface area contributed by atoms with Crippen LogP contribution < -0.4 is 0 Å². The molecule has 0 N–H and O–H groups in total. The Balaban J connectivity index is 1.94. The van der Waals surface area contributed by atoms with E-state index in [1.165, 1.54) is 31.0 Å². The summed E-state index contributed by atoms with van der Waals surface area (Å²) in [5, 5.41) is 0.561. The van der Waals surface area contributed by atoms with Crippen LogP contribution in [0.5, 0.6) is 0 Å². The topological polar surface area (TPSA) is 59.5 Å². The molecular weight excluding hydrogens is 312 g/mol. The minimum atomic E-state index is -0.387. The van der Waals surface area contributed by atoms with Crippen LogP contribution in [0, 0.1) is 0 Å². The van der Waals surface area contributed by atoms with E-state index in [4.69, 9.17) is 4.74 Å². The molecule has 126 valence electrons. The Morgan fingerprint density at radius 2 is 1.91 bits per heavy atom. The first-order valence-corrected chi connectivity index (χ1v) is 9.23. The Kier molecular flexibility index (Phi) is 7.39. The molecular formula is C17H24N2O3S. The van der Waals surface area contributed by atoms with E-state index >= 15 is 0 Å². The standard InChI is InChI=1S/C17H24N2O3S/c1-2-22-17(21)14-9-8-10-18-16(14)23-13-15(20)19-11-6-4-3-5-7-12-19/h8-10H,2-7,11-13H2,1H3. The minimum Gasteiger partial charge on any atom is -0.462 e. The van der Waals surface area contributed by atoms with Crippen molar-refractivity contribution in [2.24, 2.45) is 0 Å². The fourth-order valence-corrected chi connectivity index (χ4v) is 3.47. The number of nitrogens with zero attached hydrogens (tertiary/aromatic N) is 2. The van der Waals surface area contributed by atoms with Crippen LogP contribution in [-0.2, 0) is 9.53 Å². The number of aromatic nitrogens is 1. The summed E-state index contributed by atoms with van der Waals surface area (Å²) in [6, 6.07) is 3.39. The molecule has 1 aromatic heterocycles. The third kappa shape index (κ3) is 5.53. The third-order valence-corrected chi connectivity index (χ3v) is 4.80. The van der Waals surface area contributed by atoms with Crippen molar-refractivity contribution >= 4 is 23.6 Å². The summed E-state index contributed by atoms with van der Waals surface area (Å²) in [5.74, 6) is 0.0443. The van der Waals surface area contributed by atoms with E-state index in [-0.39, 0.29) is 11.9 Å². The summed E-state index contributed by atoms with van der Waals surface area (Å²) in [5.41, 5.74) is 0.430. The first-order valence-electron chi connectivity index (χ1n) is 8.25. The largest absolute Gasteiger partial charge is 0.462 e. The zero-order valence-electron chi connectivity index (χ0n) is 13.6. The summed E-state index contributed by atoms with van der Waals surface area (Å²) in [6.45, 7) is 3.77. The van der Waals surface area contributed by atoms with Gasteiger partial charge >= 0.3 is 5.97 Å². The molecule has 1 aromatic rings. The van der Waals surface area contributed by atoms with Gasteiger partial charge in [-0.05, 0) is 31.9 Å². The number of ether oxygens (including phenoxy) is 1. The van der Waals surface area contributed by atoms with Gasteiger partial charge in [0.2, 0.25) is 5.91 Å². The number of carbonyl (C=O) groups excluding carboxylic acids is 2. The molecule has 1 saturated heterocycles. The highest BCUT2D eigenvalue weighted by molar-refractivity contribution is 8.00. The van der Waals surface area contributed by atoms with Crippen LogP contribution in [0.3, 0.4) is 0 Å². The molecule has 0 atom stereocenters. The lowest BCUT2D eigenvalue weighted by Gasteiger charge is -2.24. The Bertz CT molecular complexity index is 528. The van der Waals surface area contributed by atoms with Gasteiger partial charge in [-0.25, -0.2) is 9.78 Å². The van der Waals surface area contributed by atoms with Gasteiger partial charge in [-0.3, -0.25) is 4.79 Å². The van der Waals surface area contributed by atoms with E-state index in [1.807, 2.05) is 4.90 Å². The summed E-state index contributed by atoms with van der Waals surface area (Å²) in [7, 11) is 0. The predicted octanol–water partition coefficient (Wildman–Crippen LogP) is 3.14. The van der Waals surface area contributed by atoms with Gasteiger partial charge in [-0.1, -0.05) is 31.0 Å². The number of thioether (sulfide) groups is 1. The smallest absolute Gasteiger partial charge is 0.340 e. The van der Waals surface area contributed by atoms with E-state index < -0.39 is 0 Å². The van der Waals surface area contributed by atoms with E-state index in [2.05, 4.69) is 4.98 Å². The van der Waals surface area contributed by atoms with Crippen molar-refractivity contribution in [2.45, 2.75) is 44.1 Å². The van der Waals surface area contributed by atoms with Crippen LogP contribution in [0.4, 0.5) is 0 Å². The summed E-state index contributed by atoms with van der Waals surface area (Å²) in [4.78, 5) is 30.5. The van der Waals surface area contributed by atoms with Crippen molar-refractivity contribution in [3.63, 3.8) is 0 Å². The molecule has 0 radical (unpaired) electrons. The highest BCUT2D eigenvalue weighted by Crippen LogP contribution is 2.22. The molecule has 0 bridgehead atoms. The SMILES string of the molecule is CCOC(=O)c1cccnc1SCC(=O)N1CCCCCCC1. The van der Waals surface area contributed by atoms with E-state index in [0.717, 1.165) is 25.9 Å². The lowest BCUT2D eigenvalue weighted by molar-refractivity contribution is -0.128. The van der Waals surface area contributed by atoms with Gasteiger partial charge in [-0.15, -0.1) is 0 Å². The molecule has 0 unspecified atom stereocenters. The van der Waals surface area contributed by atoms with Gasteiger partial charge in [-0.2, -0.15) is 0 Å². The molecule has 2 heterocycles.